The average Bonchev–Trinajstić information content (AvgIpc) is 3.48. The minimum atomic E-state index is -0.685. The van der Waals surface area contributed by atoms with E-state index in [1.807, 2.05) is 39.0 Å². The molecule has 6 atom stereocenters. The second kappa shape index (κ2) is 11.1. The molecule has 3 fully saturated rings. The highest BCUT2D eigenvalue weighted by Crippen LogP contribution is 2.50. The fraction of sp³-hybridized carbons (Fsp3) is 0.656. The SMILES string of the molecule is COc1ccc2nc3c(nc2c1)O[C@H]1CN(C(=O)[C@H](C2(C)COC2)CC(=O)O[C@]2(C)C[C@H]2CCCCC3)[C@H](C=O)[C@@H]1C. The number of aromatic nitrogens is 2. The van der Waals surface area contributed by atoms with Gasteiger partial charge in [0.25, 0.3) is 0 Å². The number of amides is 1. The predicted octanol–water partition coefficient (Wildman–Crippen LogP) is 3.91. The summed E-state index contributed by atoms with van der Waals surface area (Å²) in [6.07, 6.45) is 5.79. The van der Waals surface area contributed by atoms with Gasteiger partial charge < -0.3 is 28.6 Å². The zero-order valence-electron chi connectivity index (χ0n) is 25.0. The number of fused-ring (bicyclic) bond motifs is 5. The van der Waals surface area contributed by atoms with E-state index in [4.69, 9.17) is 28.9 Å². The first-order chi connectivity index (χ1) is 20.1. The first kappa shape index (κ1) is 28.8. The largest absolute Gasteiger partial charge is 0.497 e. The normalized spacial score (nSPS) is 33.2. The standard InChI is InChI=1S/C32H41N3O7/c1-19-26(16-36)35-15-27(19)41-29-24(33-23-11-10-21(39-4)12-25(23)34-29)9-7-5-6-8-20-14-32(20,3)42-28(37)13-22(30(35)38)31(2)17-40-18-31/h10-12,16,19-20,22,26-27H,5-9,13-15,17-18H2,1-4H3/t19-,20+,22+,26+,27-,32+/m0/s1. The number of hydrogen-bond acceptors (Lipinski definition) is 9. The molecule has 0 radical (unpaired) electrons. The maximum Gasteiger partial charge on any atom is 0.307 e. The lowest BCUT2D eigenvalue weighted by atomic mass is 9.72. The van der Waals surface area contributed by atoms with Crippen LogP contribution in [0.2, 0.25) is 0 Å². The molecule has 2 bridgehead atoms. The van der Waals surface area contributed by atoms with Crippen molar-refractivity contribution in [1.82, 2.24) is 14.9 Å². The Labute approximate surface area is 246 Å². The molecule has 0 N–H and O–H groups in total. The number of hydrogen-bond donors (Lipinski definition) is 0. The molecule has 4 heterocycles. The van der Waals surface area contributed by atoms with E-state index in [2.05, 4.69) is 0 Å². The number of esters is 1. The summed E-state index contributed by atoms with van der Waals surface area (Å²) in [6, 6.07) is 4.91. The number of nitrogens with zero attached hydrogens (tertiary/aromatic N) is 3. The van der Waals surface area contributed by atoms with Crippen LogP contribution in [-0.4, -0.2) is 77.6 Å². The Morgan fingerprint density at radius 1 is 1.10 bits per heavy atom. The van der Waals surface area contributed by atoms with Gasteiger partial charge in [0, 0.05) is 23.3 Å². The van der Waals surface area contributed by atoms with E-state index in [9.17, 15) is 14.4 Å². The molecule has 0 spiro atoms. The summed E-state index contributed by atoms with van der Waals surface area (Å²) in [6.45, 7) is 6.85. The Morgan fingerprint density at radius 2 is 1.90 bits per heavy atom. The van der Waals surface area contributed by atoms with E-state index < -0.39 is 29.1 Å². The van der Waals surface area contributed by atoms with Gasteiger partial charge in [-0.3, -0.25) is 9.59 Å². The van der Waals surface area contributed by atoms with Crippen LogP contribution in [-0.2, 0) is 30.3 Å². The number of carbonyl (C=O) groups is 3. The number of aldehydes is 1. The maximum absolute atomic E-state index is 14.2. The van der Waals surface area contributed by atoms with E-state index in [0.717, 1.165) is 49.6 Å². The predicted molar refractivity (Wildman–Crippen MR) is 153 cm³/mol. The van der Waals surface area contributed by atoms with Crippen molar-refractivity contribution in [3.63, 3.8) is 0 Å². The molecule has 2 saturated heterocycles. The van der Waals surface area contributed by atoms with Gasteiger partial charge in [-0.15, -0.1) is 0 Å². The van der Waals surface area contributed by atoms with Gasteiger partial charge in [0.05, 0.1) is 56.3 Å². The van der Waals surface area contributed by atoms with Crippen molar-refractivity contribution in [1.29, 1.82) is 0 Å². The fourth-order valence-corrected chi connectivity index (χ4v) is 6.89. The lowest BCUT2D eigenvalue weighted by Crippen LogP contribution is -2.54. The minimum Gasteiger partial charge on any atom is -0.497 e. The van der Waals surface area contributed by atoms with Crippen LogP contribution in [0.15, 0.2) is 18.2 Å². The van der Waals surface area contributed by atoms with E-state index in [1.165, 1.54) is 0 Å². The second-order valence-electron chi connectivity index (χ2n) is 13.2. The molecule has 0 unspecified atom stereocenters. The van der Waals surface area contributed by atoms with Crippen LogP contribution in [0.5, 0.6) is 11.6 Å². The smallest absolute Gasteiger partial charge is 0.307 e. The zero-order valence-corrected chi connectivity index (χ0v) is 25.0. The maximum atomic E-state index is 14.2. The van der Waals surface area contributed by atoms with Crippen molar-refractivity contribution in [2.75, 3.05) is 26.9 Å². The Balaban J connectivity index is 1.34. The second-order valence-corrected chi connectivity index (χ2v) is 13.2. The van der Waals surface area contributed by atoms with Crippen LogP contribution in [0.4, 0.5) is 0 Å². The topological polar surface area (TPSA) is 117 Å². The number of carbonyl (C=O) groups excluding carboxylic acids is 3. The molecular weight excluding hydrogens is 538 g/mol. The number of benzene rings is 1. The Hall–Kier alpha value is -3.27. The molecule has 3 aliphatic heterocycles. The zero-order chi connectivity index (χ0) is 29.6. The van der Waals surface area contributed by atoms with E-state index in [0.29, 0.717) is 42.7 Å². The monoisotopic (exact) mass is 579 g/mol. The van der Waals surface area contributed by atoms with E-state index >= 15 is 0 Å². The van der Waals surface area contributed by atoms with Gasteiger partial charge in [-0.05, 0) is 44.7 Å². The Bertz CT molecular complexity index is 1380. The summed E-state index contributed by atoms with van der Waals surface area (Å²) < 4.78 is 23.4. The molecule has 226 valence electrons. The highest BCUT2D eigenvalue weighted by atomic mass is 16.6. The molecule has 10 heteroatoms. The number of rotatable bonds is 3. The van der Waals surface area contributed by atoms with Crippen molar-refractivity contribution in [3.05, 3.63) is 23.9 Å². The van der Waals surface area contributed by atoms with Crippen LogP contribution < -0.4 is 9.47 Å². The third-order valence-electron chi connectivity index (χ3n) is 10.00. The van der Waals surface area contributed by atoms with Gasteiger partial charge in [0.15, 0.2) is 0 Å². The summed E-state index contributed by atoms with van der Waals surface area (Å²) in [4.78, 5) is 51.1. The highest BCUT2D eigenvalue weighted by molar-refractivity contribution is 5.87. The molecule has 4 aliphatic rings. The summed E-state index contributed by atoms with van der Waals surface area (Å²) in [5, 5.41) is 0. The summed E-state index contributed by atoms with van der Waals surface area (Å²) in [5.41, 5.74) is 1.21. The van der Waals surface area contributed by atoms with Crippen LogP contribution in [0, 0.1) is 23.2 Å². The van der Waals surface area contributed by atoms with Gasteiger partial charge in [-0.25, -0.2) is 9.97 Å². The van der Waals surface area contributed by atoms with Crippen molar-refractivity contribution < 1.29 is 33.3 Å². The third-order valence-corrected chi connectivity index (χ3v) is 10.00. The van der Waals surface area contributed by atoms with Gasteiger partial charge in [0.1, 0.15) is 29.4 Å². The average molecular weight is 580 g/mol. The molecule has 1 aromatic heterocycles. The Morgan fingerprint density at radius 3 is 2.62 bits per heavy atom. The summed E-state index contributed by atoms with van der Waals surface area (Å²) in [7, 11) is 1.61. The van der Waals surface area contributed by atoms with Crippen LogP contribution in [0.1, 0.15) is 65.0 Å². The van der Waals surface area contributed by atoms with Gasteiger partial charge >= 0.3 is 5.97 Å². The molecule has 42 heavy (non-hydrogen) atoms. The molecule has 1 amide bonds. The third kappa shape index (κ3) is 5.34. The van der Waals surface area contributed by atoms with Crippen molar-refractivity contribution in [2.45, 2.75) is 83.5 Å². The molecule has 10 nitrogen and oxygen atoms in total. The molecule has 6 rings (SSSR count). The molecule has 1 saturated carbocycles. The highest BCUT2D eigenvalue weighted by Gasteiger charge is 2.55. The van der Waals surface area contributed by atoms with Crippen LogP contribution in [0.3, 0.4) is 0 Å². The minimum absolute atomic E-state index is 0.0366. The lowest BCUT2D eigenvalue weighted by Gasteiger charge is -2.44. The van der Waals surface area contributed by atoms with Crippen molar-refractivity contribution in [3.8, 4) is 11.6 Å². The molecule has 1 aliphatic carbocycles. The van der Waals surface area contributed by atoms with Gasteiger partial charge in [-0.1, -0.05) is 26.7 Å². The molecule has 1 aromatic carbocycles. The van der Waals surface area contributed by atoms with Gasteiger partial charge in [-0.2, -0.15) is 0 Å². The first-order valence-electron chi connectivity index (χ1n) is 15.2. The van der Waals surface area contributed by atoms with E-state index in [1.54, 1.807) is 12.0 Å². The molecular formula is C32H41N3O7. The number of ether oxygens (including phenoxy) is 4. The number of methoxy groups -OCH3 is 1. The number of aryl methyl sites for hydroxylation is 1. The van der Waals surface area contributed by atoms with Crippen molar-refractivity contribution >= 4 is 29.2 Å². The Kier molecular flexibility index (Phi) is 7.62. The lowest BCUT2D eigenvalue weighted by molar-refractivity contribution is -0.176. The fourth-order valence-electron chi connectivity index (χ4n) is 6.89. The summed E-state index contributed by atoms with van der Waals surface area (Å²) in [5.74, 6) is -0.103. The summed E-state index contributed by atoms with van der Waals surface area (Å²) >= 11 is 0. The van der Waals surface area contributed by atoms with Gasteiger partial charge in [0.2, 0.25) is 11.8 Å². The molecule has 2 aromatic rings. The van der Waals surface area contributed by atoms with Crippen LogP contribution in [0.25, 0.3) is 11.0 Å². The first-order valence-corrected chi connectivity index (χ1v) is 15.2. The quantitative estimate of drug-likeness (QED) is 0.394. The van der Waals surface area contributed by atoms with E-state index in [-0.39, 0.29) is 30.8 Å². The van der Waals surface area contributed by atoms with Crippen molar-refractivity contribution in [2.24, 2.45) is 23.2 Å². The van der Waals surface area contributed by atoms with Crippen LogP contribution >= 0.6 is 0 Å².